The molecule has 3 N–H and O–H groups in total. The van der Waals surface area contributed by atoms with Gasteiger partial charge in [-0.1, -0.05) is 17.7 Å². The van der Waals surface area contributed by atoms with E-state index in [1.54, 1.807) is 18.2 Å². The summed E-state index contributed by atoms with van der Waals surface area (Å²) in [6.45, 7) is 0.818. The number of urea groups is 1. The first kappa shape index (κ1) is 16.1. The van der Waals surface area contributed by atoms with E-state index in [4.69, 9.17) is 16.7 Å². The number of hydrogen-bond acceptors (Lipinski definition) is 3. The topological polar surface area (TPSA) is 94.6 Å². The molecule has 0 saturated carbocycles. The van der Waals surface area contributed by atoms with Gasteiger partial charge in [0.05, 0.1) is 5.02 Å². The van der Waals surface area contributed by atoms with E-state index in [0.717, 1.165) is 11.1 Å². The molecule has 2 heterocycles. The summed E-state index contributed by atoms with van der Waals surface area (Å²) in [6, 6.07) is 8.28. The second-order valence-corrected chi connectivity index (χ2v) is 5.81. The Morgan fingerprint density at radius 1 is 1.17 bits per heavy atom. The predicted octanol–water partition coefficient (Wildman–Crippen LogP) is 3.42. The number of rotatable bonds is 2. The molecule has 3 rings (SSSR count). The number of hydrogen-bond donors (Lipinski definition) is 3. The number of nitrogens with zero attached hydrogens (tertiary/aromatic N) is 2. The van der Waals surface area contributed by atoms with Crippen molar-refractivity contribution >= 4 is 35.2 Å². The molecule has 0 atom stereocenters. The van der Waals surface area contributed by atoms with Gasteiger partial charge in [-0.25, -0.2) is 14.6 Å². The minimum Gasteiger partial charge on any atom is -0.465 e. The van der Waals surface area contributed by atoms with Crippen LogP contribution in [-0.4, -0.2) is 33.7 Å². The summed E-state index contributed by atoms with van der Waals surface area (Å²) >= 11 is 5.74. The van der Waals surface area contributed by atoms with Crippen LogP contribution < -0.4 is 10.6 Å². The lowest BCUT2D eigenvalue weighted by Gasteiger charge is -2.26. The van der Waals surface area contributed by atoms with Crippen molar-refractivity contribution in [2.24, 2.45) is 0 Å². The average molecular weight is 347 g/mol. The zero-order valence-corrected chi connectivity index (χ0v) is 13.4. The van der Waals surface area contributed by atoms with Crippen LogP contribution in [-0.2, 0) is 13.0 Å². The van der Waals surface area contributed by atoms with Crippen LogP contribution in [0.3, 0.4) is 0 Å². The van der Waals surface area contributed by atoms with Crippen molar-refractivity contribution in [1.82, 2.24) is 9.88 Å². The molecule has 8 heteroatoms. The Morgan fingerprint density at radius 3 is 2.71 bits per heavy atom. The molecule has 3 amide bonds. The van der Waals surface area contributed by atoms with Crippen LogP contribution in [0.2, 0.25) is 5.02 Å². The van der Waals surface area contributed by atoms with Gasteiger partial charge in [-0.15, -0.1) is 0 Å². The van der Waals surface area contributed by atoms with Crippen molar-refractivity contribution in [3.05, 3.63) is 52.7 Å². The number of anilines is 2. The summed E-state index contributed by atoms with van der Waals surface area (Å²) in [7, 11) is 0. The maximum Gasteiger partial charge on any atom is 0.407 e. The van der Waals surface area contributed by atoms with Crippen LogP contribution in [0.5, 0.6) is 0 Å². The van der Waals surface area contributed by atoms with Crippen LogP contribution in [0.25, 0.3) is 0 Å². The molecule has 24 heavy (non-hydrogen) atoms. The molecular weight excluding hydrogens is 332 g/mol. The summed E-state index contributed by atoms with van der Waals surface area (Å²) in [5.41, 5.74) is 2.63. The minimum atomic E-state index is -0.919. The van der Waals surface area contributed by atoms with E-state index in [2.05, 4.69) is 15.6 Å². The number of benzene rings is 1. The highest BCUT2D eigenvalue weighted by molar-refractivity contribution is 6.30. The van der Waals surface area contributed by atoms with E-state index in [0.29, 0.717) is 36.0 Å². The Kier molecular flexibility index (Phi) is 4.52. The number of halogens is 1. The number of carbonyl (C=O) groups excluding carboxylic acids is 1. The smallest absolute Gasteiger partial charge is 0.407 e. The number of aromatic nitrogens is 1. The second-order valence-electron chi connectivity index (χ2n) is 5.38. The quantitative estimate of drug-likeness (QED) is 0.776. The Labute approximate surface area is 143 Å². The fourth-order valence-electron chi connectivity index (χ4n) is 2.52. The number of carboxylic acid groups (broad SMARTS) is 1. The van der Waals surface area contributed by atoms with E-state index >= 15 is 0 Å². The average Bonchev–Trinajstić information content (AvgIpc) is 2.56. The molecule has 0 bridgehead atoms. The molecule has 0 fully saturated rings. The van der Waals surface area contributed by atoms with Gasteiger partial charge in [0.15, 0.2) is 0 Å². The van der Waals surface area contributed by atoms with Crippen molar-refractivity contribution in [3.63, 3.8) is 0 Å². The Morgan fingerprint density at radius 2 is 2.00 bits per heavy atom. The summed E-state index contributed by atoms with van der Waals surface area (Å²) < 4.78 is 0. The lowest BCUT2D eigenvalue weighted by Crippen LogP contribution is -2.34. The fraction of sp³-hybridized carbons (Fsp3) is 0.188. The highest BCUT2D eigenvalue weighted by Gasteiger charge is 2.20. The lowest BCUT2D eigenvalue weighted by atomic mass is 9.99. The molecule has 0 unspecified atom stereocenters. The third-order valence-corrected chi connectivity index (χ3v) is 3.94. The van der Waals surface area contributed by atoms with Crippen molar-refractivity contribution in [3.8, 4) is 0 Å². The van der Waals surface area contributed by atoms with Crippen LogP contribution in [0.15, 0.2) is 36.5 Å². The number of carbonyl (C=O) groups is 2. The Balaban J connectivity index is 1.65. The molecule has 124 valence electrons. The van der Waals surface area contributed by atoms with Gasteiger partial charge >= 0.3 is 12.1 Å². The number of amides is 3. The first-order valence-electron chi connectivity index (χ1n) is 7.30. The zero-order chi connectivity index (χ0) is 17.1. The molecule has 0 saturated heterocycles. The van der Waals surface area contributed by atoms with Crippen LogP contribution in [0, 0.1) is 0 Å². The summed E-state index contributed by atoms with van der Waals surface area (Å²) in [5.74, 6) is 0.395. The van der Waals surface area contributed by atoms with Gasteiger partial charge in [-0.2, -0.15) is 0 Å². The van der Waals surface area contributed by atoms with Crippen LogP contribution in [0.4, 0.5) is 21.1 Å². The summed E-state index contributed by atoms with van der Waals surface area (Å²) in [6.07, 6.45) is 1.15. The molecule has 1 aliphatic rings. The number of nitrogens with one attached hydrogen (secondary N) is 2. The molecule has 1 aliphatic heterocycles. The molecule has 0 aliphatic carbocycles. The van der Waals surface area contributed by atoms with Gasteiger partial charge in [-0.3, -0.25) is 5.32 Å². The third-order valence-electron chi connectivity index (χ3n) is 3.72. The Hall–Kier alpha value is -2.80. The first-order chi connectivity index (χ1) is 11.5. The molecular formula is C16H15ClN4O3. The molecule has 1 aromatic heterocycles. The van der Waals surface area contributed by atoms with E-state index in [1.165, 1.54) is 11.1 Å². The van der Waals surface area contributed by atoms with Gasteiger partial charge in [0, 0.05) is 25.0 Å². The van der Waals surface area contributed by atoms with E-state index in [-0.39, 0.29) is 0 Å². The van der Waals surface area contributed by atoms with Crippen molar-refractivity contribution < 1.29 is 14.7 Å². The van der Waals surface area contributed by atoms with Gasteiger partial charge in [0.1, 0.15) is 5.82 Å². The maximum atomic E-state index is 12.0. The van der Waals surface area contributed by atoms with Gasteiger partial charge in [0.25, 0.3) is 0 Å². The van der Waals surface area contributed by atoms with Crippen LogP contribution >= 0.6 is 11.6 Å². The highest BCUT2D eigenvalue weighted by atomic mass is 35.5. The molecule has 7 nitrogen and oxygen atoms in total. The summed E-state index contributed by atoms with van der Waals surface area (Å²) in [5, 5.41) is 14.9. The van der Waals surface area contributed by atoms with Gasteiger partial charge in [-0.05, 0) is 41.8 Å². The van der Waals surface area contributed by atoms with Crippen molar-refractivity contribution in [2.45, 2.75) is 13.0 Å². The zero-order valence-electron chi connectivity index (χ0n) is 12.6. The predicted molar refractivity (Wildman–Crippen MR) is 90.5 cm³/mol. The monoisotopic (exact) mass is 346 g/mol. The van der Waals surface area contributed by atoms with E-state index < -0.39 is 12.1 Å². The third kappa shape index (κ3) is 3.75. The van der Waals surface area contributed by atoms with Gasteiger partial charge in [0.2, 0.25) is 0 Å². The molecule has 0 spiro atoms. The normalized spacial score (nSPS) is 13.1. The maximum absolute atomic E-state index is 12.0. The molecule has 2 aromatic rings. The van der Waals surface area contributed by atoms with E-state index in [1.807, 2.05) is 12.1 Å². The van der Waals surface area contributed by atoms with Crippen molar-refractivity contribution in [2.75, 3.05) is 17.2 Å². The number of pyridine rings is 1. The highest BCUT2D eigenvalue weighted by Crippen LogP contribution is 2.23. The van der Waals surface area contributed by atoms with Gasteiger partial charge < -0.3 is 15.3 Å². The van der Waals surface area contributed by atoms with Crippen molar-refractivity contribution in [1.29, 1.82) is 0 Å². The summed E-state index contributed by atoms with van der Waals surface area (Å²) in [4.78, 5) is 28.4. The lowest BCUT2D eigenvalue weighted by molar-refractivity contribution is 0.140. The number of fused-ring (bicyclic) bond motifs is 1. The fourth-order valence-corrected chi connectivity index (χ4v) is 2.63. The standard InChI is InChI=1S/C16H15ClN4O3/c17-12-2-4-14(18-8-12)20-15(22)19-13-3-1-11-9-21(16(23)24)6-5-10(11)7-13/h1-4,7-8H,5-6,9H2,(H,23,24)(H2,18,19,20,22). The second kappa shape index (κ2) is 6.76. The SMILES string of the molecule is O=C(Nc1ccc2c(c1)CCN(C(=O)O)C2)Nc1ccc(Cl)cn1. The van der Waals surface area contributed by atoms with Crippen LogP contribution in [0.1, 0.15) is 11.1 Å². The molecule has 0 radical (unpaired) electrons. The van der Waals surface area contributed by atoms with E-state index in [9.17, 15) is 9.59 Å². The minimum absolute atomic E-state index is 0.367. The molecule has 1 aromatic carbocycles. The Bertz CT molecular complexity index is 779. The largest absolute Gasteiger partial charge is 0.465 e. The first-order valence-corrected chi connectivity index (χ1v) is 7.68.